The van der Waals surface area contributed by atoms with Crippen molar-refractivity contribution in [1.29, 1.82) is 0 Å². The van der Waals surface area contributed by atoms with E-state index in [1.165, 1.54) is 0 Å². The third-order valence-corrected chi connectivity index (χ3v) is 5.09. The van der Waals surface area contributed by atoms with Gasteiger partial charge in [0.2, 0.25) is 0 Å². The van der Waals surface area contributed by atoms with Crippen LogP contribution >= 0.6 is 0 Å². The Morgan fingerprint density at radius 3 is 2.44 bits per heavy atom. The summed E-state index contributed by atoms with van der Waals surface area (Å²) in [6.45, 7) is 0.497. The number of aliphatic hydroxyl groups is 1. The molecule has 4 rings (SSSR count). The predicted molar refractivity (Wildman–Crippen MR) is 103 cm³/mol. The van der Waals surface area contributed by atoms with Crippen molar-refractivity contribution < 1.29 is 9.90 Å². The number of hydrogen-bond donors (Lipinski definition) is 1. The molecule has 0 spiro atoms. The summed E-state index contributed by atoms with van der Waals surface area (Å²) < 4.78 is 1.76. The number of nitrogens with zero attached hydrogens (tertiary/aromatic N) is 3. The number of amides is 1. The van der Waals surface area contributed by atoms with Gasteiger partial charge in [0.05, 0.1) is 18.3 Å². The Morgan fingerprint density at radius 1 is 1.11 bits per heavy atom. The molecule has 5 nitrogen and oxygen atoms in total. The summed E-state index contributed by atoms with van der Waals surface area (Å²) >= 11 is 0. The molecule has 1 heterocycles. The topological polar surface area (TPSA) is 58.4 Å². The first-order valence-electron chi connectivity index (χ1n) is 9.32. The van der Waals surface area contributed by atoms with Crippen LogP contribution in [0.3, 0.4) is 0 Å². The standard InChI is InChI=1S/C22H23N3O2/c26-16-21(18-7-8-18)24(15-17-5-2-1-3-6-17)22(27)19-9-11-20(12-10-19)25-14-4-13-23-25/h1-6,9-14,18,21,26H,7-8,15-16H2. The van der Waals surface area contributed by atoms with Crippen LogP contribution in [0.4, 0.5) is 0 Å². The molecule has 1 unspecified atom stereocenters. The van der Waals surface area contributed by atoms with Gasteiger partial charge in [0, 0.05) is 24.5 Å². The van der Waals surface area contributed by atoms with E-state index in [-0.39, 0.29) is 18.6 Å². The van der Waals surface area contributed by atoms with Gasteiger partial charge in [0.1, 0.15) is 0 Å². The SMILES string of the molecule is O=C(c1ccc(-n2cccn2)cc1)N(Cc1ccccc1)C(CO)C1CC1. The highest BCUT2D eigenvalue weighted by atomic mass is 16.3. The van der Waals surface area contributed by atoms with Gasteiger partial charge in [0.15, 0.2) is 0 Å². The molecule has 0 saturated heterocycles. The second-order valence-electron chi connectivity index (χ2n) is 7.00. The zero-order valence-electron chi connectivity index (χ0n) is 15.1. The number of carbonyl (C=O) groups excluding carboxylic acids is 1. The molecule has 1 saturated carbocycles. The maximum Gasteiger partial charge on any atom is 0.254 e. The van der Waals surface area contributed by atoms with Gasteiger partial charge in [-0.05, 0) is 54.7 Å². The van der Waals surface area contributed by atoms with E-state index in [1.54, 1.807) is 10.9 Å². The van der Waals surface area contributed by atoms with Crippen LogP contribution in [0.5, 0.6) is 0 Å². The summed E-state index contributed by atoms with van der Waals surface area (Å²) in [5.74, 6) is 0.350. The van der Waals surface area contributed by atoms with Gasteiger partial charge >= 0.3 is 0 Å². The molecule has 1 aliphatic rings. The van der Waals surface area contributed by atoms with Gasteiger partial charge in [-0.25, -0.2) is 4.68 Å². The smallest absolute Gasteiger partial charge is 0.254 e. The molecular formula is C22H23N3O2. The van der Waals surface area contributed by atoms with Crippen molar-refractivity contribution >= 4 is 5.91 Å². The lowest BCUT2D eigenvalue weighted by molar-refractivity contribution is 0.0531. The van der Waals surface area contributed by atoms with Gasteiger partial charge < -0.3 is 10.0 Å². The van der Waals surface area contributed by atoms with E-state index in [4.69, 9.17) is 0 Å². The highest BCUT2D eigenvalue weighted by Gasteiger charge is 2.37. The molecule has 0 aliphatic heterocycles. The van der Waals surface area contributed by atoms with Crippen molar-refractivity contribution in [3.8, 4) is 5.69 Å². The van der Waals surface area contributed by atoms with Crippen LogP contribution in [0.1, 0.15) is 28.8 Å². The zero-order valence-corrected chi connectivity index (χ0v) is 15.1. The largest absolute Gasteiger partial charge is 0.394 e. The summed E-state index contributed by atoms with van der Waals surface area (Å²) in [5, 5.41) is 14.2. The Kier molecular flexibility index (Phi) is 5.03. The number of benzene rings is 2. The normalized spacial score (nSPS) is 14.7. The minimum absolute atomic E-state index is 0.00535. The molecule has 0 radical (unpaired) electrons. The first-order chi connectivity index (χ1) is 13.3. The summed E-state index contributed by atoms with van der Waals surface area (Å²) in [5.41, 5.74) is 2.60. The lowest BCUT2D eigenvalue weighted by Gasteiger charge is -2.31. The molecule has 5 heteroatoms. The van der Waals surface area contributed by atoms with E-state index in [0.29, 0.717) is 18.0 Å². The van der Waals surface area contributed by atoms with E-state index in [0.717, 1.165) is 24.1 Å². The predicted octanol–water partition coefficient (Wildman–Crippen LogP) is 3.29. The van der Waals surface area contributed by atoms with E-state index < -0.39 is 0 Å². The molecule has 1 atom stereocenters. The Balaban J connectivity index is 1.59. The fourth-order valence-electron chi connectivity index (χ4n) is 3.45. The van der Waals surface area contributed by atoms with Gasteiger partial charge in [-0.3, -0.25) is 4.79 Å². The van der Waals surface area contributed by atoms with Crippen molar-refractivity contribution in [2.45, 2.75) is 25.4 Å². The van der Waals surface area contributed by atoms with Gasteiger partial charge in [0.25, 0.3) is 5.91 Å². The average Bonchev–Trinajstić information content (AvgIpc) is 3.40. The van der Waals surface area contributed by atoms with Crippen molar-refractivity contribution in [3.63, 3.8) is 0 Å². The lowest BCUT2D eigenvalue weighted by atomic mass is 10.1. The highest BCUT2D eigenvalue weighted by molar-refractivity contribution is 5.94. The summed E-state index contributed by atoms with van der Waals surface area (Å²) in [6, 6.07) is 19.1. The first-order valence-corrected chi connectivity index (χ1v) is 9.32. The molecule has 1 aliphatic carbocycles. The number of aromatic nitrogens is 2. The maximum atomic E-state index is 13.3. The second kappa shape index (κ2) is 7.76. The van der Waals surface area contributed by atoms with E-state index in [2.05, 4.69) is 5.10 Å². The maximum absolute atomic E-state index is 13.3. The van der Waals surface area contributed by atoms with Crippen LogP contribution in [0.15, 0.2) is 73.1 Å². The molecule has 1 aromatic heterocycles. The summed E-state index contributed by atoms with van der Waals surface area (Å²) in [7, 11) is 0. The average molecular weight is 361 g/mol. The second-order valence-corrected chi connectivity index (χ2v) is 7.00. The van der Waals surface area contributed by atoms with Crippen molar-refractivity contribution in [1.82, 2.24) is 14.7 Å². The molecule has 27 heavy (non-hydrogen) atoms. The molecule has 2 aromatic carbocycles. The zero-order chi connectivity index (χ0) is 18.6. The molecule has 138 valence electrons. The van der Waals surface area contributed by atoms with Crippen LogP contribution in [-0.2, 0) is 6.54 Å². The highest BCUT2D eigenvalue weighted by Crippen LogP contribution is 2.36. The quantitative estimate of drug-likeness (QED) is 0.703. The molecule has 0 bridgehead atoms. The molecular weight excluding hydrogens is 338 g/mol. The molecule has 1 N–H and O–H groups in total. The number of carbonyl (C=O) groups is 1. The van der Waals surface area contributed by atoms with Gasteiger partial charge in [-0.15, -0.1) is 0 Å². The third-order valence-electron chi connectivity index (χ3n) is 5.09. The Morgan fingerprint density at radius 2 is 1.85 bits per heavy atom. The van der Waals surface area contributed by atoms with Gasteiger partial charge in [-0.1, -0.05) is 30.3 Å². The fourth-order valence-corrected chi connectivity index (χ4v) is 3.45. The lowest BCUT2D eigenvalue weighted by Crippen LogP contribution is -2.43. The van der Waals surface area contributed by atoms with Crippen LogP contribution in [0, 0.1) is 5.92 Å². The van der Waals surface area contributed by atoms with Crippen molar-refractivity contribution in [2.75, 3.05) is 6.61 Å². The molecule has 3 aromatic rings. The van der Waals surface area contributed by atoms with Crippen molar-refractivity contribution in [2.24, 2.45) is 5.92 Å². The minimum Gasteiger partial charge on any atom is -0.394 e. The van der Waals surface area contributed by atoms with Crippen LogP contribution < -0.4 is 0 Å². The van der Waals surface area contributed by atoms with Crippen LogP contribution in [0.25, 0.3) is 5.69 Å². The fraction of sp³-hybridized carbons (Fsp3) is 0.273. The number of rotatable bonds is 7. The van der Waals surface area contributed by atoms with Gasteiger partial charge in [-0.2, -0.15) is 5.10 Å². The van der Waals surface area contributed by atoms with E-state index in [9.17, 15) is 9.90 Å². The molecule has 1 amide bonds. The number of aliphatic hydroxyl groups excluding tert-OH is 1. The van der Waals surface area contributed by atoms with E-state index in [1.807, 2.05) is 71.8 Å². The van der Waals surface area contributed by atoms with Crippen LogP contribution in [0.2, 0.25) is 0 Å². The van der Waals surface area contributed by atoms with Crippen LogP contribution in [-0.4, -0.2) is 38.3 Å². The Hall–Kier alpha value is -2.92. The third kappa shape index (κ3) is 3.93. The number of hydrogen-bond acceptors (Lipinski definition) is 3. The summed E-state index contributed by atoms with van der Waals surface area (Å²) in [4.78, 5) is 15.1. The van der Waals surface area contributed by atoms with E-state index >= 15 is 0 Å². The van der Waals surface area contributed by atoms with Crippen molar-refractivity contribution in [3.05, 3.63) is 84.2 Å². The Bertz CT molecular complexity index is 872. The molecule has 1 fully saturated rings. The first kappa shape index (κ1) is 17.5. The minimum atomic E-state index is -0.136. The monoisotopic (exact) mass is 361 g/mol. The summed E-state index contributed by atoms with van der Waals surface area (Å²) in [6.07, 6.45) is 5.74. The Labute approximate surface area is 158 Å².